The summed E-state index contributed by atoms with van der Waals surface area (Å²) >= 11 is 5.34. The molecule has 1 heterocycles. The van der Waals surface area contributed by atoms with Crippen molar-refractivity contribution in [1.29, 1.82) is 5.26 Å². The second kappa shape index (κ2) is 5.41. The van der Waals surface area contributed by atoms with Gasteiger partial charge in [0.2, 0.25) is 5.82 Å². The summed E-state index contributed by atoms with van der Waals surface area (Å²) < 4.78 is 26.4. The van der Waals surface area contributed by atoms with E-state index in [-0.39, 0.29) is 17.1 Å². The predicted octanol–water partition coefficient (Wildman–Crippen LogP) is 2.11. The van der Waals surface area contributed by atoms with Gasteiger partial charge in [-0.25, -0.2) is 8.78 Å². The van der Waals surface area contributed by atoms with Crippen molar-refractivity contribution in [3.05, 3.63) is 40.8 Å². The van der Waals surface area contributed by atoms with Gasteiger partial charge in [-0.1, -0.05) is 11.6 Å². The number of allylic oxidation sites excluding steroid dienone is 1. The number of H-pyrrole nitrogens is 1. The van der Waals surface area contributed by atoms with Gasteiger partial charge in [-0.2, -0.15) is 10.5 Å². The van der Waals surface area contributed by atoms with Gasteiger partial charge < -0.3 is 5.32 Å². The van der Waals surface area contributed by atoms with E-state index in [9.17, 15) is 8.78 Å². The third kappa shape index (κ3) is 2.83. The molecule has 2 N–H and O–H groups in total. The molecule has 0 saturated carbocycles. The summed E-state index contributed by atoms with van der Waals surface area (Å²) in [5, 5.41) is 23.5. The van der Waals surface area contributed by atoms with E-state index >= 15 is 0 Å². The third-order valence-electron chi connectivity index (χ3n) is 2.07. The van der Waals surface area contributed by atoms with Crippen LogP contribution in [0.5, 0.6) is 0 Å². The number of aromatic nitrogens is 4. The smallest absolute Gasteiger partial charge is 0.216 e. The topological polar surface area (TPSA) is 90.3 Å². The van der Waals surface area contributed by atoms with Crippen molar-refractivity contribution < 1.29 is 8.78 Å². The Labute approximate surface area is 110 Å². The van der Waals surface area contributed by atoms with Crippen LogP contribution in [-0.2, 0) is 0 Å². The van der Waals surface area contributed by atoms with Gasteiger partial charge in [-0.05, 0) is 17.3 Å². The summed E-state index contributed by atoms with van der Waals surface area (Å²) in [6.07, 6.45) is 1.20. The van der Waals surface area contributed by atoms with E-state index < -0.39 is 16.7 Å². The number of hydrogen-bond donors (Lipinski definition) is 2. The Hall–Kier alpha value is -2.53. The van der Waals surface area contributed by atoms with Gasteiger partial charge in [-0.15, -0.1) is 10.2 Å². The van der Waals surface area contributed by atoms with E-state index in [4.69, 9.17) is 16.9 Å². The monoisotopic (exact) mass is 282 g/mol. The van der Waals surface area contributed by atoms with Gasteiger partial charge in [0.05, 0.1) is 0 Å². The fourth-order valence-corrected chi connectivity index (χ4v) is 1.33. The predicted molar refractivity (Wildman–Crippen MR) is 62.8 cm³/mol. The molecule has 0 fully saturated rings. The number of anilines is 1. The molecule has 9 heteroatoms. The van der Waals surface area contributed by atoms with E-state index in [1.165, 1.54) is 6.20 Å². The van der Waals surface area contributed by atoms with Crippen LogP contribution in [0, 0.1) is 23.0 Å². The minimum atomic E-state index is -0.907. The molecule has 96 valence electrons. The molecule has 0 bridgehead atoms. The summed E-state index contributed by atoms with van der Waals surface area (Å²) in [4.78, 5) is 0. The number of tetrazole rings is 1. The van der Waals surface area contributed by atoms with E-state index in [1.807, 2.05) is 6.07 Å². The standard InChI is InChI=1S/C10H5ClF2N6/c11-9-7(12)1-6(2-8(9)13)15-4-5(3-14)10-16-18-19-17-10/h1-2,4,15H,(H,16,17,18,19). The molecule has 0 aliphatic heterocycles. The lowest BCUT2D eigenvalue weighted by molar-refractivity contribution is 0.585. The fourth-order valence-electron chi connectivity index (χ4n) is 1.22. The average Bonchev–Trinajstić information content (AvgIpc) is 2.90. The number of halogens is 3. The summed E-state index contributed by atoms with van der Waals surface area (Å²) in [6.45, 7) is 0. The molecule has 0 radical (unpaired) electrons. The third-order valence-corrected chi connectivity index (χ3v) is 2.43. The van der Waals surface area contributed by atoms with Crippen LogP contribution in [0.15, 0.2) is 18.3 Å². The maximum absolute atomic E-state index is 13.2. The zero-order valence-corrected chi connectivity index (χ0v) is 9.91. The summed E-state index contributed by atoms with van der Waals surface area (Å²) in [5.74, 6) is -1.75. The SMILES string of the molecule is N#CC(=CNc1cc(F)c(Cl)c(F)c1)c1nn[nH]n1. The largest absolute Gasteiger partial charge is 0.360 e. The molecule has 1 aromatic heterocycles. The molecule has 0 amide bonds. The number of nitrogens with zero attached hydrogens (tertiary/aromatic N) is 4. The highest BCUT2D eigenvalue weighted by atomic mass is 35.5. The second-order valence-corrected chi connectivity index (χ2v) is 3.68. The van der Waals surface area contributed by atoms with Crippen molar-refractivity contribution >= 4 is 22.9 Å². The van der Waals surface area contributed by atoms with Gasteiger partial charge in [0.1, 0.15) is 28.3 Å². The highest BCUT2D eigenvalue weighted by Crippen LogP contribution is 2.23. The van der Waals surface area contributed by atoms with Crippen molar-refractivity contribution in [3.8, 4) is 6.07 Å². The summed E-state index contributed by atoms with van der Waals surface area (Å²) in [6, 6.07) is 3.80. The molecule has 0 aliphatic rings. The number of aromatic amines is 1. The normalized spacial score (nSPS) is 11.2. The van der Waals surface area contributed by atoms with E-state index in [1.54, 1.807) is 0 Å². The Bertz CT molecular complexity index is 638. The van der Waals surface area contributed by atoms with Crippen LogP contribution in [0.4, 0.5) is 14.5 Å². The molecule has 0 spiro atoms. The highest BCUT2D eigenvalue weighted by molar-refractivity contribution is 6.30. The second-order valence-electron chi connectivity index (χ2n) is 3.30. The quantitative estimate of drug-likeness (QED) is 0.664. The maximum Gasteiger partial charge on any atom is 0.216 e. The van der Waals surface area contributed by atoms with Gasteiger partial charge in [0, 0.05) is 11.9 Å². The van der Waals surface area contributed by atoms with Gasteiger partial charge in [0.15, 0.2) is 0 Å². The summed E-state index contributed by atoms with van der Waals surface area (Å²) in [7, 11) is 0. The molecule has 1 aromatic carbocycles. The first-order valence-corrected chi connectivity index (χ1v) is 5.24. The van der Waals surface area contributed by atoms with Crippen LogP contribution in [-0.4, -0.2) is 20.6 Å². The first-order valence-electron chi connectivity index (χ1n) is 4.87. The van der Waals surface area contributed by atoms with Crippen LogP contribution in [0.3, 0.4) is 0 Å². The Morgan fingerprint density at radius 1 is 1.42 bits per heavy atom. The minimum Gasteiger partial charge on any atom is -0.360 e. The van der Waals surface area contributed by atoms with Crippen molar-refractivity contribution in [2.45, 2.75) is 0 Å². The first kappa shape index (κ1) is 12.9. The van der Waals surface area contributed by atoms with Crippen molar-refractivity contribution in [3.63, 3.8) is 0 Å². The molecule has 19 heavy (non-hydrogen) atoms. The molecular formula is C10H5ClF2N6. The maximum atomic E-state index is 13.2. The number of nitriles is 1. The Morgan fingerprint density at radius 3 is 2.63 bits per heavy atom. The van der Waals surface area contributed by atoms with Crippen molar-refractivity contribution in [2.24, 2.45) is 0 Å². The van der Waals surface area contributed by atoms with Gasteiger partial charge in [-0.3, -0.25) is 0 Å². The molecule has 6 nitrogen and oxygen atoms in total. The van der Waals surface area contributed by atoms with E-state index in [0.717, 1.165) is 12.1 Å². The summed E-state index contributed by atoms with van der Waals surface area (Å²) in [5.41, 5.74) is 0.139. The molecule has 0 atom stereocenters. The van der Waals surface area contributed by atoms with Crippen LogP contribution < -0.4 is 5.32 Å². The molecule has 0 aliphatic carbocycles. The number of rotatable bonds is 3. The minimum absolute atomic E-state index is 0.0458. The molecule has 2 aromatic rings. The van der Waals surface area contributed by atoms with Crippen LogP contribution in [0.1, 0.15) is 5.82 Å². The lowest BCUT2D eigenvalue weighted by Crippen LogP contribution is -1.95. The number of hydrogen-bond acceptors (Lipinski definition) is 5. The Kier molecular flexibility index (Phi) is 3.68. The molecular weight excluding hydrogens is 278 g/mol. The molecule has 0 unspecified atom stereocenters. The van der Waals surface area contributed by atoms with E-state index in [2.05, 4.69) is 25.9 Å². The molecule has 0 saturated heterocycles. The zero-order chi connectivity index (χ0) is 13.8. The number of benzene rings is 1. The Balaban J connectivity index is 2.25. The molecule has 2 rings (SSSR count). The van der Waals surface area contributed by atoms with Crippen LogP contribution in [0.2, 0.25) is 5.02 Å². The lowest BCUT2D eigenvalue weighted by atomic mass is 10.2. The zero-order valence-electron chi connectivity index (χ0n) is 9.15. The first-order chi connectivity index (χ1) is 9.11. The van der Waals surface area contributed by atoms with Crippen LogP contribution in [0.25, 0.3) is 5.57 Å². The lowest BCUT2D eigenvalue weighted by Gasteiger charge is -2.03. The van der Waals surface area contributed by atoms with Gasteiger partial charge in [0.25, 0.3) is 0 Å². The number of nitrogens with one attached hydrogen (secondary N) is 2. The van der Waals surface area contributed by atoms with Crippen molar-refractivity contribution in [1.82, 2.24) is 20.6 Å². The van der Waals surface area contributed by atoms with Crippen molar-refractivity contribution in [2.75, 3.05) is 5.32 Å². The highest BCUT2D eigenvalue weighted by Gasteiger charge is 2.09. The van der Waals surface area contributed by atoms with Gasteiger partial charge >= 0.3 is 0 Å². The average molecular weight is 283 g/mol. The van der Waals surface area contributed by atoms with Crippen LogP contribution >= 0.6 is 11.6 Å². The van der Waals surface area contributed by atoms with E-state index in [0.29, 0.717) is 0 Å². The Morgan fingerprint density at radius 2 is 2.11 bits per heavy atom. The fraction of sp³-hybridized carbons (Fsp3) is 0.